The molecule has 0 radical (unpaired) electrons. The number of rotatable bonds is 6. The van der Waals surface area contributed by atoms with Crippen molar-refractivity contribution < 1.29 is 4.79 Å². The van der Waals surface area contributed by atoms with E-state index in [0.717, 1.165) is 29.5 Å². The van der Waals surface area contributed by atoms with Crippen LogP contribution in [0.1, 0.15) is 52.0 Å². The summed E-state index contributed by atoms with van der Waals surface area (Å²) in [6.07, 6.45) is 4.78. The third-order valence-corrected chi connectivity index (χ3v) is 6.59. The van der Waals surface area contributed by atoms with Gasteiger partial charge in [-0.05, 0) is 45.1 Å². The van der Waals surface area contributed by atoms with Crippen molar-refractivity contribution >= 4 is 17.7 Å². The Balaban J connectivity index is 1.71. The Kier molecular flexibility index (Phi) is 6.58. The van der Waals surface area contributed by atoms with E-state index in [9.17, 15) is 4.79 Å². The van der Waals surface area contributed by atoms with Crippen molar-refractivity contribution in [1.29, 1.82) is 0 Å². The molecule has 0 bridgehead atoms. The third-order valence-electron chi connectivity index (χ3n) is 5.51. The molecule has 1 aliphatic carbocycles. The van der Waals surface area contributed by atoms with Gasteiger partial charge in [0.2, 0.25) is 5.91 Å². The van der Waals surface area contributed by atoms with Gasteiger partial charge in [0.25, 0.3) is 0 Å². The zero-order valence-electron chi connectivity index (χ0n) is 16.7. The molecule has 0 spiro atoms. The first kappa shape index (κ1) is 19.9. The van der Waals surface area contributed by atoms with Crippen LogP contribution in [0, 0.1) is 12.8 Å². The summed E-state index contributed by atoms with van der Waals surface area (Å²) in [5.74, 6) is 1.53. The third kappa shape index (κ3) is 4.54. The van der Waals surface area contributed by atoms with Crippen molar-refractivity contribution in [3.05, 3.63) is 29.8 Å². The fourth-order valence-electron chi connectivity index (χ4n) is 3.73. The molecule has 27 heavy (non-hydrogen) atoms. The number of nitrogens with one attached hydrogen (secondary N) is 1. The van der Waals surface area contributed by atoms with Gasteiger partial charge in [-0.25, -0.2) is 0 Å². The maximum atomic E-state index is 12.7. The number of thioether (sulfide) groups is 1. The highest BCUT2D eigenvalue weighted by Gasteiger charge is 2.26. The molecule has 0 saturated heterocycles. The summed E-state index contributed by atoms with van der Waals surface area (Å²) < 4.78 is 2.10. The lowest BCUT2D eigenvalue weighted by Gasteiger charge is -2.30. The van der Waals surface area contributed by atoms with Crippen LogP contribution in [-0.4, -0.2) is 32.0 Å². The fraction of sp³-hybridized carbons (Fsp3) is 0.571. The number of carbonyl (C=O) groups excluding carboxylic acids is 1. The molecule has 1 aromatic heterocycles. The van der Waals surface area contributed by atoms with Gasteiger partial charge in [0.15, 0.2) is 11.0 Å². The van der Waals surface area contributed by atoms with Crippen molar-refractivity contribution in [2.75, 3.05) is 0 Å². The SMILES string of the molecule is CCn1c(S[C@@H](C)C(=O)N[C@H]2CCCC[C@@H]2C)nnc1-c1ccccc1C. The number of nitrogens with zero attached hydrogens (tertiary/aromatic N) is 3. The number of aryl methyl sites for hydroxylation is 1. The number of hydrogen-bond donors (Lipinski definition) is 1. The van der Waals surface area contributed by atoms with Gasteiger partial charge in [0, 0.05) is 18.2 Å². The van der Waals surface area contributed by atoms with Gasteiger partial charge in [0.05, 0.1) is 5.25 Å². The number of benzene rings is 1. The largest absolute Gasteiger partial charge is 0.352 e. The summed E-state index contributed by atoms with van der Waals surface area (Å²) >= 11 is 1.49. The van der Waals surface area contributed by atoms with E-state index in [1.165, 1.54) is 36.6 Å². The highest BCUT2D eigenvalue weighted by molar-refractivity contribution is 8.00. The van der Waals surface area contributed by atoms with Crippen LogP contribution in [0.3, 0.4) is 0 Å². The number of carbonyl (C=O) groups is 1. The highest BCUT2D eigenvalue weighted by atomic mass is 32.2. The van der Waals surface area contributed by atoms with Crippen LogP contribution >= 0.6 is 11.8 Å². The Morgan fingerprint density at radius 2 is 2.04 bits per heavy atom. The molecule has 6 heteroatoms. The molecule has 1 aromatic carbocycles. The topological polar surface area (TPSA) is 59.8 Å². The predicted octanol–water partition coefficient (Wildman–Crippen LogP) is 4.45. The maximum Gasteiger partial charge on any atom is 0.233 e. The highest BCUT2D eigenvalue weighted by Crippen LogP contribution is 2.29. The van der Waals surface area contributed by atoms with E-state index in [2.05, 4.69) is 53.0 Å². The van der Waals surface area contributed by atoms with E-state index in [4.69, 9.17) is 0 Å². The second kappa shape index (κ2) is 8.91. The van der Waals surface area contributed by atoms with E-state index in [0.29, 0.717) is 12.0 Å². The summed E-state index contributed by atoms with van der Waals surface area (Å²) in [7, 11) is 0. The van der Waals surface area contributed by atoms with Crippen LogP contribution in [0.15, 0.2) is 29.4 Å². The Hall–Kier alpha value is -1.82. The van der Waals surface area contributed by atoms with E-state index >= 15 is 0 Å². The molecule has 146 valence electrons. The van der Waals surface area contributed by atoms with Gasteiger partial charge >= 0.3 is 0 Å². The summed E-state index contributed by atoms with van der Waals surface area (Å²) in [6, 6.07) is 8.50. The van der Waals surface area contributed by atoms with Gasteiger partial charge < -0.3 is 9.88 Å². The average molecular weight is 387 g/mol. The second-order valence-corrected chi connectivity index (χ2v) is 8.81. The van der Waals surface area contributed by atoms with Gasteiger partial charge in [-0.1, -0.05) is 55.8 Å². The van der Waals surface area contributed by atoms with Gasteiger partial charge in [-0.3, -0.25) is 4.79 Å². The molecule has 5 nitrogen and oxygen atoms in total. The zero-order chi connectivity index (χ0) is 19.4. The molecule has 3 atom stereocenters. The molecule has 2 aromatic rings. The number of hydrogen-bond acceptors (Lipinski definition) is 4. The summed E-state index contributed by atoms with van der Waals surface area (Å²) in [6.45, 7) is 9.13. The molecular weight excluding hydrogens is 356 g/mol. The molecule has 1 amide bonds. The minimum Gasteiger partial charge on any atom is -0.352 e. The molecule has 1 heterocycles. The van der Waals surface area contributed by atoms with Crippen molar-refractivity contribution in [2.45, 2.75) is 76.4 Å². The van der Waals surface area contributed by atoms with Gasteiger partial charge in [-0.15, -0.1) is 10.2 Å². The quantitative estimate of drug-likeness (QED) is 0.745. The lowest BCUT2D eigenvalue weighted by Crippen LogP contribution is -2.44. The van der Waals surface area contributed by atoms with Gasteiger partial charge in [-0.2, -0.15) is 0 Å². The Morgan fingerprint density at radius 1 is 1.30 bits per heavy atom. The molecule has 1 fully saturated rings. The van der Waals surface area contributed by atoms with Gasteiger partial charge in [0.1, 0.15) is 0 Å². The predicted molar refractivity (Wildman–Crippen MR) is 111 cm³/mol. The Labute approximate surface area is 166 Å². The lowest BCUT2D eigenvalue weighted by atomic mass is 9.86. The van der Waals surface area contributed by atoms with Crippen molar-refractivity contribution in [2.24, 2.45) is 5.92 Å². The van der Waals surface area contributed by atoms with Crippen molar-refractivity contribution in [1.82, 2.24) is 20.1 Å². The normalized spacial score (nSPS) is 21.0. The van der Waals surface area contributed by atoms with Crippen LogP contribution in [0.2, 0.25) is 0 Å². The maximum absolute atomic E-state index is 12.7. The van der Waals surface area contributed by atoms with Crippen molar-refractivity contribution in [3.63, 3.8) is 0 Å². The number of aromatic nitrogens is 3. The number of amides is 1. The average Bonchev–Trinajstić information content (AvgIpc) is 3.06. The molecule has 1 saturated carbocycles. The second-order valence-electron chi connectivity index (χ2n) is 7.50. The molecule has 0 unspecified atom stereocenters. The van der Waals surface area contributed by atoms with E-state index in [-0.39, 0.29) is 11.2 Å². The smallest absolute Gasteiger partial charge is 0.233 e. The Morgan fingerprint density at radius 3 is 2.74 bits per heavy atom. The van der Waals surface area contributed by atoms with E-state index in [1.54, 1.807) is 0 Å². The molecule has 0 aliphatic heterocycles. The first-order chi connectivity index (χ1) is 13.0. The zero-order valence-corrected chi connectivity index (χ0v) is 17.6. The van der Waals surface area contributed by atoms with Crippen molar-refractivity contribution in [3.8, 4) is 11.4 Å². The molecule has 3 rings (SSSR count). The molecular formula is C21H30N4OS. The molecule has 1 aliphatic rings. The van der Waals surface area contributed by atoms with Crippen LogP contribution in [0.4, 0.5) is 0 Å². The monoisotopic (exact) mass is 386 g/mol. The summed E-state index contributed by atoms with van der Waals surface area (Å²) in [4.78, 5) is 12.7. The van der Waals surface area contributed by atoms with E-state index in [1.807, 2.05) is 19.1 Å². The van der Waals surface area contributed by atoms with Crippen LogP contribution in [0.5, 0.6) is 0 Å². The lowest BCUT2D eigenvalue weighted by molar-refractivity contribution is -0.121. The first-order valence-electron chi connectivity index (χ1n) is 9.97. The minimum absolute atomic E-state index is 0.0989. The molecule has 1 N–H and O–H groups in total. The standard InChI is InChI=1S/C21H30N4OS/c1-5-25-19(17-12-8-6-10-14(17)2)23-24-21(25)27-16(4)20(26)22-18-13-9-7-11-15(18)3/h6,8,10,12,15-16,18H,5,7,9,11,13H2,1-4H3,(H,22,26)/t15-,16-,18-/m0/s1. The fourth-order valence-corrected chi connectivity index (χ4v) is 4.65. The summed E-state index contributed by atoms with van der Waals surface area (Å²) in [5.41, 5.74) is 2.26. The minimum atomic E-state index is -0.196. The van der Waals surface area contributed by atoms with E-state index < -0.39 is 0 Å². The van der Waals surface area contributed by atoms with Crippen LogP contribution < -0.4 is 5.32 Å². The summed E-state index contributed by atoms with van der Waals surface area (Å²) in [5, 5.41) is 12.7. The van der Waals surface area contributed by atoms with Crippen LogP contribution in [0.25, 0.3) is 11.4 Å². The van der Waals surface area contributed by atoms with Crippen LogP contribution in [-0.2, 0) is 11.3 Å². The first-order valence-corrected chi connectivity index (χ1v) is 10.9. The Bertz CT molecular complexity index is 788.